The molecule has 0 heterocycles. The Labute approximate surface area is 42.6 Å². The van der Waals surface area contributed by atoms with Gasteiger partial charge in [-0.05, 0) is 0 Å². The fraction of sp³-hybridized carbons (Fsp3) is 0. The molecule has 0 bridgehead atoms. The van der Waals surface area contributed by atoms with Crippen LogP contribution in [0.1, 0.15) is 0 Å². The van der Waals surface area contributed by atoms with Crippen LogP contribution in [-0.4, -0.2) is 0 Å². The first-order valence-corrected chi connectivity index (χ1v) is 0. The first-order valence-electron chi connectivity index (χ1n) is 0. The Hall–Kier alpha value is 0.674. The van der Waals surface area contributed by atoms with Gasteiger partial charge in [0.15, 0.2) is 0 Å². The van der Waals surface area contributed by atoms with Gasteiger partial charge in [-0.25, -0.2) is 0 Å². The molecule has 0 fully saturated rings. The summed E-state index contributed by atoms with van der Waals surface area (Å²) >= 11 is 0. The van der Waals surface area contributed by atoms with E-state index < -0.39 is 0 Å². The third-order valence-corrected chi connectivity index (χ3v) is 0. The van der Waals surface area contributed by atoms with Crippen molar-refractivity contribution in [1.82, 2.24) is 0 Å². The van der Waals surface area contributed by atoms with Crippen LogP contribution in [0.2, 0.25) is 0 Å². The van der Waals surface area contributed by atoms with Crippen LogP contribution in [0, 0.1) is 14.9 Å². The fourth-order valence-electron chi connectivity index (χ4n) is 0. The van der Waals surface area contributed by atoms with Crippen LogP contribution in [0.15, 0.2) is 0 Å². The van der Waals surface area contributed by atoms with Crippen molar-refractivity contribution in [2.75, 3.05) is 0 Å². The molecule has 0 saturated carbocycles. The molecule has 0 radical (unpaired) electrons. The van der Waals surface area contributed by atoms with Crippen molar-refractivity contribution in [3.05, 3.63) is 14.9 Å². The van der Waals surface area contributed by atoms with Gasteiger partial charge < -0.3 is 20.3 Å². The molecule has 0 amide bonds. The molecule has 0 rings (SSSR count). The van der Waals surface area contributed by atoms with Gasteiger partial charge in [0.2, 0.25) is 0 Å². The summed E-state index contributed by atoms with van der Waals surface area (Å²) in [5.74, 6) is 0. The zero-order chi connectivity index (χ0) is 0. The molecule has 0 aliphatic carbocycles. The van der Waals surface area contributed by atoms with Crippen LogP contribution < -0.4 is 0 Å². The SMILES string of the molecule is [CH3-].[CH3-].[O-2].[Ti+4]. The Morgan fingerprint density at radius 1 is 0.750 bits per heavy atom. The van der Waals surface area contributed by atoms with Crippen molar-refractivity contribution in [2.45, 2.75) is 0 Å². The predicted molar refractivity (Wildman–Crippen MR) is 13.5 cm³/mol. The molecule has 0 saturated heterocycles. The molecular formula is C2H6OTi. The van der Waals surface area contributed by atoms with Crippen LogP contribution in [0.3, 0.4) is 0 Å². The van der Waals surface area contributed by atoms with Crippen molar-refractivity contribution in [3.8, 4) is 0 Å². The minimum absolute atomic E-state index is 0. The van der Waals surface area contributed by atoms with Crippen molar-refractivity contribution >= 4 is 0 Å². The molecule has 0 aliphatic rings. The molecule has 0 spiro atoms. The molecule has 0 atom stereocenters. The Balaban J connectivity index is 0. The second-order valence-corrected chi connectivity index (χ2v) is 0. The summed E-state index contributed by atoms with van der Waals surface area (Å²) < 4.78 is 0. The van der Waals surface area contributed by atoms with E-state index in [9.17, 15) is 0 Å². The van der Waals surface area contributed by atoms with Gasteiger partial charge in [0, 0.05) is 0 Å². The Bertz CT molecular complexity index is 6.00. The third-order valence-electron chi connectivity index (χ3n) is 0. The summed E-state index contributed by atoms with van der Waals surface area (Å²) in [7, 11) is 0. The van der Waals surface area contributed by atoms with Gasteiger partial charge in [0.1, 0.15) is 0 Å². The van der Waals surface area contributed by atoms with Crippen molar-refractivity contribution in [1.29, 1.82) is 0 Å². The van der Waals surface area contributed by atoms with Gasteiger partial charge in [0.25, 0.3) is 0 Å². The maximum Gasteiger partial charge on any atom is 4.00 e. The van der Waals surface area contributed by atoms with E-state index in [0.29, 0.717) is 0 Å². The Morgan fingerprint density at radius 3 is 0.750 bits per heavy atom. The largest absolute Gasteiger partial charge is 4.00 e. The van der Waals surface area contributed by atoms with Crippen molar-refractivity contribution < 1.29 is 27.2 Å². The normalized spacial score (nSPS) is 0. The van der Waals surface area contributed by atoms with Crippen LogP contribution in [0.5, 0.6) is 0 Å². The second-order valence-electron chi connectivity index (χ2n) is 0. The number of rotatable bonds is 0. The number of hydrogen-bond donors (Lipinski definition) is 0. The second kappa shape index (κ2) is 57.8. The van der Waals surface area contributed by atoms with E-state index in [4.69, 9.17) is 0 Å². The van der Waals surface area contributed by atoms with E-state index >= 15 is 0 Å². The zero-order valence-electron chi connectivity index (χ0n) is 2.91. The molecule has 0 aromatic rings. The minimum atomic E-state index is 0. The van der Waals surface area contributed by atoms with E-state index in [2.05, 4.69) is 0 Å². The first kappa shape index (κ1) is 139. The molecule has 0 aromatic carbocycles. The predicted octanol–water partition coefficient (Wildman–Crippen LogP) is 0.779. The fourth-order valence-corrected chi connectivity index (χ4v) is 0. The first-order chi connectivity index (χ1) is 0. The van der Waals surface area contributed by atoms with Gasteiger partial charge in [-0.15, -0.1) is 0 Å². The van der Waals surface area contributed by atoms with Crippen molar-refractivity contribution in [2.24, 2.45) is 0 Å². The maximum absolute atomic E-state index is 0. The Morgan fingerprint density at radius 2 is 0.750 bits per heavy atom. The zero-order valence-corrected chi connectivity index (χ0v) is 4.47. The maximum atomic E-state index is 0. The van der Waals surface area contributed by atoms with E-state index in [1.807, 2.05) is 0 Å². The standard InChI is InChI=1S/2CH3.O.Ti/h2*1H3;;/q2*-1;-2;+4. The molecule has 4 heavy (non-hydrogen) atoms. The topological polar surface area (TPSA) is 28.5 Å². The van der Waals surface area contributed by atoms with Gasteiger partial charge >= 0.3 is 21.7 Å². The molecular weight excluding hydrogens is 87.9 g/mol. The molecule has 0 N–H and O–H groups in total. The average molecular weight is 93.9 g/mol. The van der Waals surface area contributed by atoms with Crippen LogP contribution >= 0.6 is 0 Å². The summed E-state index contributed by atoms with van der Waals surface area (Å²) in [5.41, 5.74) is 0. The molecule has 2 heteroatoms. The smallest absolute Gasteiger partial charge is 2.00 e. The van der Waals surface area contributed by atoms with E-state index in [1.165, 1.54) is 0 Å². The summed E-state index contributed by atoms with van der Waals surface area (Å²) in [6, 6.07) is 0. The third kappa shape index (κ3) is 16.5. The van der Waals surface area contributed by atoms with Gasteiger partial charge in [0.05, 0.1) is 0 Å². The van der Waals surface area contributed by atoms with Gasteiger partial charge in [-0.2, -0.15) is 0 Å². The van der Waals surface area contributed by atoms with Gasteiger partial charge in [-0.3, -0.25) is 0 Å². The van der Waals surface area contributed by atoms with Crippen molar-refractivity contribution in [3.63, 3.8) is 0 Å². The van der Waals surface area contributed by atoms with E-state index in [1.54, 1.807) is 0 Å². The summed E-state index contributed by atoms with van der Waals surface area (Å²) in [6.45, 7) is 0. The molecule has 24 valence electrons. The van der Waals surface area contributed by atoms with Crippen LogP contribution in [-0.2, 0) is 27.2 Å². The van der Waals surface area contributed by atoms with E-state index in [0.717, 1.165) is 0 Å². The Kier molecular flexibility index (Phi) is 2010. The monoisotopic (exact) mass is 94.0 g/mol. The quantitative estimate of drug-likeness (QED) is 0.313. The van der Waals surface area contributed by atoms with Crippen LogP contribution in [0.25, 0.3) is 0 Å². The summed E-state index contributed by atoms with van der Waals surface area (Å²) in [6.07, 6.45) is 0. The van der Waals surface area contributed by atoms with Gasteiger partial charge in [-0.1, -0.05) is 0 Å². The average Bonchev–Trinajstić information content (AvgIpc) is 0. The minimum Gasteiger partial charge on any atom is -2.00 e. The molecule has 0 aliphatic heterocycles. The molecule has 1 nitrogen and oxygen atoms in total. The molecule has 0 aromatic heterocycles. The van der Waals surface area contributed by atoms with Crippen LogP contribution in [0.4, 0.5) is 0 Å². The molecule has 0 unspecified atom stereocenters. The number of hydrogen-bond acceptors (Lipinski definition) is 0. The summed E-state index contributed by atoms with van der Waals surface area (Å²) in [5, 5.41) is 0. The summed E-state index contributed by atoms with van der Waals surface area (Å²) in [4.78, 5) is 0. The van der Waals surface area contributed by atoms with E-state index in [-0.39, 0.29) is 42.0 Å².